The van der Waals surface area contributed by atoms with Crippen molar-refractivity contribution in [2.45, 2.75) is 50.7 Å². The molecule has 26 heavy (non-hydrogen) atoms. The molecule has 0 amide bonds. The topological polar surface area (TPSA) is 66.8 Å². The Hall–Kier alpha value is -2.33. The van der Waals surface area contributed by atoms with Gasteiger partial charge in [-0.25, -0.2) is 0 Å². The molecule has 0 radical (unpaired) electrons. The minimum Gasteiger partial charge on any atom is -0.489 e. The molecule has 1 atom stereocenters. The van der Waals surface area contributed by atoms with Gasteiger partial charge in [-0.2, -0.15) is 0 Å². The number of benzene rings is 2. The van der Waals surface area contributed by atoms with Gasteiger partial charge in [0.1, 0.15) is 18.0 Å². The number of carboxylic acid groups (broad SMARTS) is 1. The summed E-state index contributed by atoms with van der Waals surface area (Å²) in [5.41, 5.74) is 0.214. The summed E-state index contributed by atoms with van der Waals surface area (Å²) in [4.78, 5) is 11.5. The summed E-state index contributed by atoms with van der Waals surface area (Å²) in [7, 11) is 0. The molecule has 0 heterocycles. The van der Waals surface area contributed by atoms with Crippen LogP contribution in [0.2, 0.25) is 0 Å². The zero-order valence-corrected chi connectivity index (χ0v) is 14.9. The third kappa shape index (κ3) is 4.25. The van der Waals surface area contributed by atoms with Crippen LogP contribution in [-0.2, 0) is 17.0 Å². The van der Waals surface area contributed by atoms with E-state index in [4.69, 9.17) is 4.74 Å². The first kappa shape index (κ1) is 18.5. The SMILES string of the molecule is O=C(O)CC(O)(c1ccccc1OCc1ccccc1)C1CCCCC1. The Morgan fingerprint density at radius 2 is 1.65 bits per heavy atom. The Kier molecular flexibility index (Phi) is 5.94. The van der Waals surface area contributed by atoms with E-state index in [-0.39, 0.29) is 12.3 Å². The van der Waals surface area contributed by atoms with Crippen molar-refractivity contribution in [3.8, 4) is 5.75 Å². The summed E-state index contributed by atoms with van der Waals surface area (Å²) in [5, 5.41) is 20.9. The van der Waals surface area contributed by atoms with E-state index in [1.54, 1.807) is 6.07 Å². The van der Waals surface area contributed by atoms with Gasteiger partial charge in [-0.15, -0.1) is 0 Å². The van der Waals surface area contributed by atoms with Crippen molar-refractivity contribution >= 4 is 5.97 Å². The number of hydrogen-bond donors (Lipinski definition) is 2. The molecule has 0 spiro atoms. The van der Waals surface area contributed by atoms with Crippen LogP contribution in [0.3, 0.4) is 0 Å². The van der Waals surface area contributed by atoms with E-state index < -0.39 is 11.6 Å². The number of carbonyl (C=O) groups is 1. The molecule has 0 saturated heterocycles. The lowest BCUT2D eigenvalue weighted by Crippen LogP contribution is -2.39. The largest absolute Gasteiger partial charge is 0.489 e. The van der Waals surface area contributed by atoms with Crippen molar-refractivity contribution in [3.05, 3.63) is 65.7 Å². The molecule has 3 rings (SSSR count). The van der Waals surface area contributed by atoms with Crippen molar-refractivity contribution in [1.29, 1.82) is 0 Å². The zero-order valence-electron chi connectivity index (χ0n) is 14.9. The van der Waals surface area contributed by atoms with Crippen LogP contribution in [0.25, 0.3) is 0 Å². The van der Waals surface area contributed by atoms with Gasteiger partial charge in [-0.05, 0) is 30.4 Å². The minimum atomic E-state index is -1.40. The van der Waals surface area contributed by atoms with Crippen LogP contribution in [0.1, 0.15) is 49.7 Å². The number of aliphatic carboxylic acids is 1. The first-order valence-corrected chi connectivity index (χ1v) is 9.30. The molecule has 0 aromatic heterocycles. The first-order valence-electron chi connectivity index (χ1n) is 9.30. The lowest BCUT2D eigenvalue weighted by molar-refractivity contribution is -0.147. The lowest BCUT2D eigenvalue weighted by atomic mass is 9.71. The number of ether oxygens (including phenoxy) is 1. The van der Waals surface area contributed by atoms with E-state index in [1.807, 2.05) is 48.5 Å². The molecular formula is C22H26O4. The fourth-order valence-electron chi connectivity index (χ4n) is 3.96. The van der Waals surface area contributed by atoms with E-state index in [0.717, 1.165) is 37.7 Å². The second-order valence-corrected chi connectivity index (χ2v) is 7.10. The van der Waals surface area contributed by atoms with Crippen LogP contribution in [0.4, 0.5) is 0 Å². The molecule has 1 aliphatic carbocycles. The third-order valence-corrected chi connectivity index (χ3v) is 5.29. The maximum Gasteiger partial charge on any atom is 0.306 e. The smallest absolute Gasteiger partial charge is 0.306 e. The highest BCUT2D eigenvalue weighted by Gasteiger charge is 2.42. The molecule has 4 nitrogen and oxygen atoms in total. The highest BCUT2D eigenvalue weighted by molar-refractivity contribution is 5.69. The van der Waals surface area contributed by atoms with Gasteiger partial charge in [0.2, 0.25) is 0 Å². The minimum absolute atomic E-state index is 0.0613. The van der Waals surface area contributed by atoms with Crippen molar-refractivity contribution in [1.82, 2.24) is 0 Å². The van der Waals surface area contributed by atoms with Crippen LogP contribution in [0, 0.1) is 5.92 Å². The Morgan fingerprint density at radius 3 is 2.35 bits per heavy atom. The van der Waals surface area contributed by atoms with E-state index in [1.165, 1.54) is 0 Å². The Bertz CT molecular complexity index is 722. The highest BCUT2D eigenvalue weighted by atomic mass is 16.5. The lowest BCUT2D eigenvalue weighted by Gasteiger charge is -2.38. The van der Waals surface area contributed by atoms with Crippen LogP contribution >= 0.6 is 0 Å². The summed E-state index contributed by atoms with van der Waals surface area (Å²) in [6, 6.07) is 17.1. The summed E-state index contributed by atoms with van der Waals surface area (Å²) in [5.74, 6) is -0.490. The predicted molar refractivity (Wildman–Crippen MR) is 99.9 cm³/mol. The van der Waals surface area contributed by atoms with Crippen LogP contribution < -0.4 is 4.74 Å². The normalized spacial score (nSPS) is 17.4. The maximum atomic E-state index is 11.5. The van der Waals surface area contributed by atoms with E-state index in [2.05, 4.69) is 0 Å². The monoisotopic (exact) mass is 354 g/mol. The Morgan fingerprint density at radius 1 is 1.00 bits per heavy atom. The third-order valence-electron chi connectivity index (χ3n) is 5.29. The average Bonchev–Trinajstić information content (AvgIpc) is 2.67. The second kappa shape index (κ2) is 8.37. The van der Waals surface area contributed by atoms with Crippen molar-refractivity contribution < 1.29 is 19.7 Å². The van der Waals surface area contributed by atoms with Gasteiger partial charge in [-0.3, -0.25) is 4.79 Å². The Balaban J connectivity index is 1.89. The van der Waals surface area contributed by atoms with Gasteiger partial charge in [-0.1, -0.05) is 67.8 Å². The highest BCUT2D eigenvalue weighted by Crippen LogP contribution is 2.44. The van der Waals surface area contributed by atoms with Crippen LogP contribution in [0.15, 0.2) is 54.6 Å². The average molecular weight is 354 g/mol. The van der Waals surface area contributed by atoms with Gasteiger partial charge in [0.05, 0.1) is 6.42 Å². The number of rotatable bonds is 7. The van der Waals surface area contributed by atoms with Gasteiger partial charge >= 0.3 is 5.97 Å². The zero-order chi connectivity index (χ0) is 18.4. The molecule has 1 saturated carbocycles. The van der Waals surface area contributed by atoms with E-state index >= 15 is 0 Å². The molecule has 4 heteroatoms. The molecule has 0 bridgehead atoms. The molecule has 2 N–H and O–H groups in total. The summed E-state index contributed by atoms with van der Waals surface area (Å²) in [6.07, 6.45) is 4.59. The fourth-order valence-corrected chi connectivity index (χ4v) is 3.96. The Labute approximate surface area is 154 Å². The number of carboxylic acids is 1. The van der Waals surface area contributed by atoms with Gasteiger partial charge in [0, 0.05) is 5.56 Å². The molecule has 1 aliphatic rings. The van der Waals surface area contributed by atoms with Crippen LogP contribution in [-0.4, -0.2) is 16.2 Å². The molecule has 2 aromatic carbocycles. The first-order chi connectivity index (χ1) is 12.6. The molecule has 0 aliphatic heterocycles. The van der Waals surface area contributed by atoms with Crippen molar-refractivity contribution in [3.63, 3.8) is 0 Å². The van der Waals surface area contributed by atoms with Gasteiger partial charge in [0.25, 0.3) is 0 Å². The van der Waals surface area contributed by atoms with Crippen LogP contribution in [0.5, 0.6) is 5.75 Å². The molecule has 138 valence electrons. The summed E-state index contributed by atoms with van der Waals surface area (Å²) < 4.78 is 5.99. The molecule has 1 unspecified atom stereocenters. The number of aliphatic hydroxyl groups is 1. The summed E-state index contributed by atoms with van der Waals surface area (Å²) >= 11 is 0. The van der Waals surface area contributed by atoms with Crippen molar-refractivity contribution in [2.24, 2.45) is 5.92 Å². The molecular weight excluding hydrogens is 328 g/mol. The maximum absolute atomic E-state index is 11.5. The fraction of sp³-hybridized carbons (Fsp3) is 0.409. The molecule has 1 fully saturated rings. The van der Waals surface area contributed by atoms with Gasteiger partial charge < -0.3 is 14.9 Å². The standard InChI is InChI=1S/C22H26O4/c23-21(24)15-22(25,18-11-5-2-6-12-18)19-13-7-8-14-20(19)26-16-17-9-3-1-4-10-17/h1,3-4,7-10,13-14,18,25H,2,5-6,11-12,15-16H2,(H,23,24). The predicted octanol–water partition coefficient (Wildman–Crippen LogP) is 4.51. The summed E-state index contributed by atoms with van der Waals surface area (Å²) in [6.45, 7) is 0.381. The second-order valence-electron chi connectivity index (χ2n) is 7.10. The van der Waals surface area contributed by atoms with Crippen molar-refractivity contribution in [2.75, 3.05) is 0 Å². The van der Waals surface area contributed by atoms with E-state index in [0.29, 0.717) is 17.9 Å². The quantitative estimate of drug-likeness (QED) is 0.768. The number of para-hydroxylation sites is 1. The van der Waals surface area contributed by atoms with E-state index in [9.17, 15) is 15.0 Å². The van der Waals surface area contributed by atoms with Gasteiger partial charge in [0.15, 0.2) is 0 Å². The molecule has 2 aromatic rings. The number of hydrogen-bond acceptors (Lipinski definition) is 3.